The van der Waals surface area contributed by atoms with Gasteiger partial charge in [0, 0.05) is 10.5 Å². The molecule has 1 unspecified atom stereocenters. The molecule has 0 fully saturated rings. The van der Waals surface area contributed by atoms with E-state index >= 15 is 0 Å². The molecule has 3 rings (SSSR count). The minimum Gasteiger partial charge on any atom is -0.208 e. The molecule has 5 heteroatoms. The van der Waals surface area contributed by atoms with E-state index in [1.165, 1.54) is 11.1 Å². The first-order chi connectivity index (χ1) is 10.1. The van der Waals surface area contributed by atoms with Crippen molar-refractivity contribution < 1.29 is 8.42 Å². The first kappa shape index (κ1) is 14.8. The number of nitrogens with one attached hydrogen (secondary N) is 1. The minimum absolute atomic E-state index is 0.0444. The lowest BCUT2D eigenvalue weighted by Gasteiger charge is -2.25. The molecule has 1 atom stereocenters. The number of hydrogen-bond acceptors (Lipinski definition) is 2. The molecule has 0 heterocycles. The molecule has 21 heavy (non-hydrogen) atoms. The van der Waals surface area contributed by atoms with E-state index in [-0.39, 0.29) is 6.04 Å². The maximum atomic E-state index is 12.5. The van der Waals surface area contributed by atoms with Crippen molar-refractivity contribution in [3.8, 4) is 0 Å². The van der Waals surface area contributed by atoms with Gasteiger partial charge in [-0.15, -0.1) is 0 Å². The van der Waals surface area contributed by atoms with Crippen molar-refractivity contribution in [2.24, 2.45) is 0 Å². The van der Waals surface area contributed by atoms with Gasteiger partial charge >= 0.3 is 0 Å². The van der Waals surface area contributed by atoms with Crippen molar-refractivity contribution in [2.75, 3.05) is 0 Å². The van der Waals surface area contributed by atoms with Crippen LogP contribution in [0.2, 0.25) is 0 Å². The standard InChI is InChI=1S/C16H16BrNO2S/c17-15-7-3-4-8-16(15)21(19,20)18-14-10-9-12-5-1-2-6-13(12)11-14/h1-8,14,18H,9-11H2. The highest BCUT2D eigenvalue weighted by Crippen LogP contribution is 2.25. The molecule has 1 aliphatic rings. The van der Waals surface area contributed by atoms with E-state index in [2.05, 4.69) is 32.8 Å². The summed E-state index contributed by atoms with van der Waals surface area (Å²) in [7, 11) is -3.49. The van der Waals surface area contributed by atoms with Gasteiger partial charge in [0.1, 0.15) is 0 Å². The Balaban J connectivity index is 1.80. The Bertz CT molecular complexity index is 758. The van der Waals surface area contributed by atoms with Crippen LogP contribution in [0.15, 0.2) is 57.9 Å². The summed E-state index contributed by atoms with van der Waals surface area (Å²) in [4.78, 5) is 0.295. The fourth-order valence-corrected chi connectivity index (χ4v) is 5.02. The van der Waals surface area contributed by atoms with E-state index in [1.54, 1.807) is 24.3 Å². The molecule has 0 aliphatic heterocycles. The maximum absolute atomic E-state index is 12.5. The topological polar surface area (TPSA) is 46.2 Å². The second-order valence-corrected chi connectivity index (χ2v) is 7.80. The Hall–Kier alpha value is -1.17. The Morgan fingerprint density at radius 3 is 2.43 bits per heavy atom. The largest absolute Gasteiger partial charge is 0.241 e. The van der Waals surface area contributed by atoms with Crippen molar-refractivity contribution in [3.05, 3.63) is 64.1 Å². The summed E-state index contributed by atoms with van der Waals surface area (Å²) in [6.07, 6.45) is 2.50. The molecule has 1 aliphatic carbocycles. The van der Waals surface area contributed by atoms with Crippen LogP contribution >= 0.6 is 15.9 Å². The molecule has 0 radical (unpaired) electrons. The second-order valence-electron chi connectivity index (χ2n) is 5.26. The molecule has 110 valence electrons. The van der Waals surface area contributed by atoms with Gasteiger partial charge in [-0.2, -0.15) is 0 Å². The van der Waals surface area contributed by atoms with Crippen LogP contribution in [0, 0.1) is 0 Å². The third-order valence-electron chi connectivity index (χ3n) is 3.79. The van der Waals surface area contributed by atoms with Crippen LogP contribution in [-0.4, -0.2) is 14.5 Å². The Labute approximate surface area is 133 Å². The van der Waals surface area contributed by atoms with Crippen LogP contribution in [0.4, 0.5) is 0 Å². The lowest BCUT2D eigenvalue weighted by molar-refractivity contribution is 0.507. The van der Waals surface area contributed by atoms with Crippen LogP contribution in [0.5, 0.6) is 0 Å². The first-order valence-corrected chi connectivity index (χ1v) is 9.17. The zero-order valence-corrected chi connectivity index (χ0v) is 13.8. The lowest BCUT2D eigenvalue weighted by atomic mass is 9.89. The SMILES string of the molecule is O=S(=O)(NC1CCc2ccccc2C1)c1ccccc1Br. The van der Waals surface area contributed by atoms with E-state index in [4.69, 9.17) is 0 Å². The molecule has 0 bridgehead atoms. The second kappa shape index (κ2) is 5.91. The number of rotatable bonds is 3. The van der Waals surface area contributed by atoms with Gasteiger partial charge in [0.25, 0.3) is 0 Å². The summed E-state index contributed by atoms with van der Waals surface area (Å²) in [5.74, 6) is 0. The lowest BCUT2D eigenvalue weighted by Crippen LogP contribution is -2.38. The molecule has 0 spiro atoms. The van der Waals surface area contributed by atoms with E-state index in [9.17, 15) is 8.42 Å². The van der Waals surface area contributed by atoms with Crippen molar-refractivity contribution in [3.63, 3.8) is 0 Å². The number of aryl methyl sites for hydroxylation is 1. The molecule has 1 N–H and O–H groups in total. The molecular weight excluding hydrogens is 350 g/mol. The fourth-order valence-electron chi connectivity index (χ4n) is 2.74. The average molecular weight is 366 g/mol. The van der Waals surface area contributed by atoms with E-state index in [1.807, 2.05) is 12.1 Å². The summed E-state index contributed by atoms with van der Waals surface area (Å²) in [6.45, 7) is 0. The predicted molar refractivity (Wildman–Crippen MR) is 86.7 cm³/mol. The minimum atomic E-state index is -3.49. The maximum Gasteiger partial charge on any atom is 0.241 e. The van der Waals surface area contributed by atoms with Gasteiger partial charge in [-0.25, -0.2) is 13.1 Å². The van der Waals surface area contributed by atoms with Gasteiger partial charge in [-0.1, -0.05) is 36.4 Å². The normalized spacial score (nSPS) is 18.2. The van der Waals surface area contributed by atoms with Gasteiger partial charge in [-0.3, -0.25) is 0 Å². The molecular formula is C16H16BrNO2S. The van der Waals surface area contributed by atoms with Crippen LogP contribution in [-0.2, 0) is 22.9 Å². The summed E-state index contributed by atoms with van der Waals surface area (Å²) >= 11 is 3.30. The number of halogens is 1. The van der Waals surface area contributed by atoms with E-state index in [0.29, 0.717) is 9.37 Å². The monoisotopic (exact) mass is 365 g/mol. The van der Waals surface area contributed by atoms with E-state index in [0.717, 1.165) is 19.3 Å². The van der Waals surface area contributed by atoms with Gasteiger partial charge < -0.3 is 0 Å². The summed E-state index contributed by atoms with van der Waals surface area (Å²) in [5.41, 5.74) is 2.57. The van der Waals surface area contributed by atoms with Crippen LogP contribution in [0.25, 0.3) is 0 Å². The van der Waals surface area contributed by atoms with Gasteiger partial charge in [0.15, 0.2) is 0 Å². The number of benzene rings is 2. The molecule has 0 saturated heterocycles. The van der Waals surface area contributed by atoms with Crippen molar-refractivity contribution in [2.45, 2.75) is 30.2 Å². The van der Waals surface area contributed by atoms with Crippen molar-refractivity contribution in [1.29, 1.82) is 0 Å². The third kappa shape index (κ3) is 3.20. The Morgan fingerprint density at radius 1 is 1.00 bits per heavy atom. The quantitative estimate of drug-likeness (QED) is 0.906. The van der Waals surface area contributed by atoms with Crippen LogP contribution < -0.4 is 4.72 Å². The third-order valence-corrected chi connectivity index (χ3v) is 6.33. The molecule has 0 aromatic heterocycles. The Morgan fingerprint density at radius 2 is 1.67 bits per heavy atom. The number of sulfonamides is 1. The van der Waals surface area contributed by atoms with Gasteiger partial charge in [0.2, 0.25) is 10.0 Å². The fraction of sp³-hybridized carbons (Fsp3) is 0.250. The van der Waals surface area contributed by atoms with Gasteiger partial charge in [0.05, 0.1) is 4.90 Å². The zero-order valence-electron chi connectivity index (χ0n) is 11.4. The molecule has 0 amide bonds. The van der Waals surface area contributed by atoms with E-state index < -0.39 is 10.0 Å². The van der Waals surface area contributed by atoms with Crippen LogP contribution in [0.3, 0.4) is 0 Å². The number of fused-ring (bicyclic) bond motifs is 1. The highest BCUT2D eigenvalue weighted by Gasteiger charge is 2.25. The first-order valence-electron chi connectivity index (χ1n) is 6.90. The zero-order chi connectivity index (χ0) is 14.9. The number of hydrogen-bond donors (Lipinski definition) is 1. The highest BCUT2D eigenvalue weighted by molar-refractivity contribution is 9.10. The Kier molecular flexibility index (Phi) is 4.15. The molecule has 2 aromatic rings. The highest BCUT2D eigenvalue weighted by atomic mass is 79.9. The van der Waals surface area contributed by atoms with Crippen LogP contribution in [0.1, 0.15) is 17.5 Å². The van der Waals surface area contributed by atoms with Crippen molar-refractivity contribution in [1.82, 2.24) is 4.72 Å². The molecule has 2 aromatic carbocycles. The van der Waals surface area contributed by atoms with Crippen molar-refractivity contribution >= 4 is 26.0 Å². The average Bonchev–Trinajstić information content (AvgIpc) is 2.47. The summed E-state index contributed by atoms with van der Waals surface area (Å²) in [6, 6.07) is 15.1. The summed E-state index contributed by atoms with van der Waals surface area (Å²) < 4.78 is 28.4. The predicted octanol–water partition coefficient (Wildman–Crippen LogP) is 3.28. The molecule has 0 saturated carbocycles. The smallest absolute Gasteiger partial charge is 0.208 e. The summed E-state index contributed by atoms with van der Waals surface area (Å²) in [5, 5.41) is 0. The molecule has 3 nitrogen and oxygen atoms in total. The van der Waals surface area contributed by atoms with Gasteiger partial charge in [-0.05, 0) is 58.5 Å².